The second-order valence-electron chi connectivity index (χ2n) is 8.36. The number of carbonyl (C=O) groups excluding carboxylic acids is 3. The van der Waals surface area contributed by atoms with Crippen molar-refractivity contribution in [3.63, 3.8) is 0 Å². The first-order chi connectivity index (χ1) is 14.6. The van der Waals surface area contributed by atoms with Crippen molar-refractivity contribution in [1.82, 2.24) is 10.6 Å². The monoisotopic (exact) mass is 436 g/mol. The molecule has 0 bridgehead atoms. The summed E-state index contributed by atoms with van der Waals surface area (Å²) in [6.07, 6.45) is 1.15. The molecule has 0 aliphatic carbocycles. The minimum Gasteiger partial charge on any atom is -0.467 e. The fourth-order valence-electron chi connectivity index (χ4n) is 2.93. The number of benzene rings is 1. The molecule has 1 rings (SSSR count). The zero-order valence-electron chi connectivity index (χ0n) is 19.2. The first-order valence-electron chi connectivity index (χ1n) is 10.6. The van der Waals surface area contributed by atoms with E-state index >= 15 is 0 Å². The minimum absolute atomic E-state index is 0.160. The molecule has 8 nitrogen and oxygen atoms in total. The summed E-state index contributed by atoms with van der Waals surface area (Å²) in [7, 11) is 1.32. The van der Waals surface area contributed by atoms with Crippen LogP contribution < -0.4 is 10.6 Å². The highest BCUT2D eigenvalue weighted by Gasteiger charge is 2.22. The second kappa shape index (κ2) is 13.6. The molecule has 0 spiro atoms. The average Bonchev–Trinajstić information content (AvgIpc) is 2.68. The van der Waals surface area contributed by atoms with Crippen LogP contribution in [-0.4, -0.2) is 56.0 Å². The SMILES string of the molecule is COC(=O)C(CCCCNC(=O)OC(C)(C)C)OCC(Cc1ccccc1)NC(C)=O. The number of esters is 1. The van der Waals surface area contributed by atoms with Gasteiger partial charge in [-0.15, -0.1) is 0 Å². The van der Waals surface area contributed by atoms with Gasteiger partial charge in [-0.1, -0.05) is 30.3 Å². The second-order valence-corrected chi connectivity index (χ2v) is 8.36. The van der Waals surface area contributed by atoms with Crippen molar-refractivity contribution in [3.8, 4) is 0 Å². The summed E-state index contributed by atoms with van der Waals surface area (Å²) >= 11 is 0. The molecule has 31 heavy (non-hydrogen) atoms. The van der Waals surface area contributed by atoms with Crippen LogP contribution in [0.5, 0.6) is 0 Å². The van der Waals surface area contributed by atoms with Crippen LogP contribution in [0.3, 0.4) is 0 Å². The van der Waals surface area contributed by atoms with E-state index in [4.69, 9.17) is 14.2 Å². The standard InChI is InChI=1S/C23H36N2O6/c1-17(26)25-19(15-18-11-7-6-8-12-18)16-30-20(21(27)29-5)13-9-10-14-24-22(28)31-23(2,3)4/h6-8,11-12,19-20H,9-10,13-16H2,1-5H3,(H,24,28)(H,25,26). The molecule has 174 valence electrons. The molecule has 8 heteroatoms. The molecule has 0 aliphatic heterocycles. The zero-order chi connectivity index (χ0) is 23.3. The maximum atomic E-state index is 12.1. The van der Waals surface area contributed by atoms with E-state index in [1.54, 1.807) is 20.8 Å². The Kier molecular flexibility index (Phi) is 11.6. The molecule has 0 heterocycles. The number of amides is 2. The fraction of sp³-hybridized carbons (Fsp3) is 0.609. The van der Waals surface area contributed by atoms with E-state index in [0.29, 0.717) is 32.2 Å². The van der Waals surface area contributed by atoms with Crippen molar-refractivity contribution in [2.75, 3.05) is 20.3 Å². The topological polar surface area (TPSA) is 103 Å². The molecule has 2 atom stereocenters. The third-order valence-electron chi connectivity index (χ3n) is 4.26. The summed E-state index contributed by atoms with van der Waals surface area (Å²) in [6.45, 7) is 7.48. The highest BCUT2D eigenvalue weighted by molar-refractivity contribution is 5.74. The molecule has 2 unspecified atom stereocenters. The number of hydrogen-bond donors (Lipinski definition) is 2. The van der Waals surface area contributed by atoms with Crippen LogP contribution in [0, 0.1) is 0 Å². The summed E-state index contributed by atoms with van der Waals surface area (Å²) in [5.41, 5.74) is 0.519. The van der Waals surface area contributed by atoms with Crippen molar-refractivity contribution in [2.24, 2.45) is 0 Å². The molecular formula is C23H36N2O6. The predicted octanol–water partition coefficient (Wildman–Crippen LogP) is 2.99. The first kappa shape index (κ1) is 26.4. The summed E-state index contributed by atoms with van der Waals surface area (Å²) in [4.78, 5) is 35.3. The molecule has 0 radical (unpaired) electrons. The van der Waals surface area contributed by atoms with Crippen LogP contribution in [0.2, 0.25) is 0 Å². The maximum Gasteiger partial charge on any atom is 0.407 e. The number of unbranched alkanes of at least 4 members (excludes halogenated alkanes) is 1. The lowest BCUT2D eigenvalue weighted by Gasteiger charge is -2.22. The highest BCUT2D eigenvalue weighted by atomic mass is 16.6. The Balaban J connectivity index is 2.49. The quantitative estimate of drug-likeness (QED) is 0.386. The van der Waals surface area contributed by atoms with Gasteiger partial charge in [0.05, 0.1) is 19.8 Å². The van der Waals surface area contributed by atoms with E-state index in [9.17, 15) is 14.4 Å². The predicted molar refractivity (Wildman–Crippen MR) is 118 cm³/mol. The van der Waals surface area contributed by atoms with Crippen molar-refractivity contribution < 1.29 is 28.6 Å². The van der Waals surface area contributed by atoms with Crippen LogP contribution >= 0.6 is 0 Å². The Hall–Kier alpha value is -2.61. The van der Waals surface area contributed by atoms with E-state index < -0.39 is 23.8 Å². The van der Waals surface area contributed by atoms with E-state index in [0.717, 1.165) is 5.56 Å². The van der Waals surface area contributed by atoms with E-state index in [1.165, 1.54) is 14.0 Å². The largest absolute Gasteiger partial charge is 0.467 e. The lowest BCUT2D eigenvalue weighted by molar-refractivity contribution is -0.155. The number of ether oxygens (including phenoxy) is 3. The van der Waals surface area contributed by atoms with Gasteiger partial charge in [0.15, 0.2) is 6.10 Å². The lowest BCUT2D eigenvalue weighted by Crippen LogP contribution is -2.40. The molecule has 0 aromatic heterocycles. The van der Waals surface area contributed by atoms with Gasteiger partial charge >= 0.3 is 12.1 Å². The summed E-state index contributed by atoms with van der Waals surface area (Å²) in [6, 6.07) is 9.49. The minimum atomic E-state index is -0.737. The van der Waals surface area contributed by atoms with Gasteiger partial charge in [0.1, 0.15) is 5.60 Å². The molecule has 0 saturated heterocycles. The molecule has 1 aromatic carbocycles. The molecule has 0 fully saturated rings. The van der Waals surface area contributed by atoms with Crippen LogP contribution in [-0.2, 0) is 30.2 Å². The van der Waals surface area contributed by atoms with Gasteiger partial charge in [-0.25, -0.2) is 9.59 Å². The molecule has 0 saturated carbocycles. The maximum absolute atomic E-state index is 12.1. The van der Waals surface area contributed by atoms with Gasteiger partial charge in [0.2, 0.25) is 5.91 Å². The van der Waals surface area contributed by atoms with Gasteiger partial charge in [-0.2, -0.15) is 0 Å². The van der Waals surface area contributed by atoms with E-state index in [2.05, 4.69) is 10.6 Å². The van der Waals surface area contributed by atoms with Gasteiger partial charge in [-0.3, -0.25) is 4.79 Å². The van der Waals surface area contributed by atoms with Crippen LogP contribution in [0.1, 0.15) is 52.5 Å². The Morgan fingerprint density at radius 2 is 1.74 bits per heavy atom. The number of carbonyl (C=O) groups is 3. The van der Waals surface area contributed by atoms with E-state index in [-0.39, 0.29) is 18.6 Å². The van der Waals surface area contributed by atoms with Crippen molar-refractivity contribution in [2.45, 2.75) is 71.1 Å². The smallest absolute Gasteiger partial charge is 0.407 e. The van der Waals surface area contributed by atoms with Gasteiger partial charge < -0.3 is 24.8 Å². The van der Waals surface area contributed by atoms with Crippen LogP contribution in [0.4, 0.5) is 4.79 Å². The Morgan fingerprint density at radius 3 is 2.32 bits per heavy atom. The number of alkyl carbamates (subject to hydrolysis) is 1. The Labute approximate surface area is 185 Å². The van der Waals surface area contributed by atoms with Crippen LogP contribution in [0.25, 0.3) is 0 Å². The van der Waals surface area contributed by atoms with Crippen LogP contribution in [0.15, 0.2) is 30.3 Å². The molecule has 2 amide bonds. The number of hydrogen-bond acceptors (Lipinski definition) is 6. The van der Waals surface area contributed by atoms with E-state index in [1.807, 2.05) is 30.3 Å². The van der Waals surface area contributed by atoms with Gasteiger partial charge in [0.25, 0.3) is 0 Å². The summed E-state index contributed by atoms with van der Waals surface area (Å²) < 4.78 is 15.9. The summed E-state index contributed by atoms with van der Waals surface area (Å²) in [5.74, 6) is -0.617. The highest BCUT2D eigenvalue weighted by Crippen LogP contribution is 2.11. The molecule has 1 aromatic rings. The number of rotatable bonds is 12. The van der Waals surface area contributed by atoms with Gasteiger partial charge in [-0.05, 0) is 52.0 Å². The van der Waals surface area contributed by atoms with Crippen molar-refractivity contribution in [1.29, 1.82) is 0 Å². The Bertz CT molecular complexity index is 687. The molecule has 2 N–H and O–H groups in total. The van der Waals surface area contributed by atoms with Crippen molar-refractivity contribution >= 4 is 18.0 Å². The number of nitrogens with one attached hydrogen (secondary N) is 2. The van der Waals surface area contributed by atoms with Gasteiger partial charge in [0, 0.05) is 13.5 Å². The average molecular weight is 437 g/mol. The Morgan fingerprint density at radius 1 is 1.06 bits per heavy atom. The molecular weight excluding hydrogens is 400 g/mol. The van der Waals surface area contributed by atoms with Crippen molar-refractivity contribution in [3.05, 3.63) is 35.9 Å². The fourth-order valence-corrected chi connectivity index (χ4v) is 2.93. The first-order valence-corrected chi connectivity index (χ1v) is 10.6. The normalized spacial score (nSPS) is 13.1. The number of methoxy groups -OCH3 is 1. The lowest BCUT2D eigenvalue weighted by atomic mass is 10.1. The third-order valence-corrected chi connectivity index (χ3v) is 4.26. The third kappa shape index (κ3) is 12.6. The zero-order valence-corrected chi connectivity index (χ0v) is 19.2. The summed E-state index contributed by atoms with van der Waals surface area (Å²) in [5, 5.41) is 5.56. The molecule has 0 aliphatic rings.